The molecule has 0 saturated heterocycles. The lowest BCUT2D eigenvalue weighted by molar-refractivity contribution is -0.384. The molecule has 2 heterocycles. The average Bonchev–Trinajstić information content (AvgIpc) is 3.14. The third-order valence-corrected chi connectivity index (χ3v) is 7.23. The van der Waals surface area contributed by atoms with Crippen molar-refractivity contribution in [1.82, 2.24) is 4.98 Å². The van der Waals surface area contributed by atoms with Gasteiger partial charge in [0.15, 0.2) is 5.78 Å². The lowest BCUT2D eigenvalue weighted by atomic mass is 10.1. The first-order valence-corrected chi connectivity index (χ1v) is 11.8. The number of carbonyl (C=O) groups excluding carboxylic acids is 2. The van der Waals surface area contributed by atoms with Gasteiger partial charge in [0.05, 0.1) is 21.1 Å². The monoisotopic (exact) mass is 513 g/mol. The molecule has 10 nitrogen and oxygen atoms in total. The number of anilines is 1. The normalized spacial score (nSPS) is 11.4. The average molecular weight is 514 g/mol. The summed E-state index contributed by atoms with van der Waals surface area (Å²) in [4.78, 5) is 39.5. The molecule has 2 aromatic heterocycles. The zero-order valence-electron chi connectivity index (χ0n) is 18.3. The molecule has 0 aliphatic carbocycles. The van der Waals surface area contributed by atoms with Crippen molar-refractivity contribution in [3.63, 3.8) is 0 Å². The first kappa shape index (κ1) is 24.0. The van der Waals surface area contributed by atoms with Gasteiger partial charge in [0, 0.05) is 29.4 Å². The fraction of sp³-hybridized carbons (Fsp3) is 0.0870. The van der Waals surface area contributed by atoms with E-state index in [4.69, 9.17) is 16.0 Å². The van der Waals surface area contributed by atoms with E-state index in [2.05, 4.69) is 4.98 Å². The van der Waals surface area contributed by atoms with Crippen LogP contribution in [0.2, 0.25) is 5.02 Å². The van der Waals surface area contributed by atoms with Crippen LogP contribution in [-0.2, 0) is 10.0 Å². The van der Waals surface area contributed by atoms with Gasteiger partial charge in [0.1, 0.15) is 16.4 Å². The molecule has 35 heavy (non-hydrogen) atoms. The number of aromatic nitrogens is 1. The van der Waals surface area contributed by atoms with E-state index in [-0.39, 0.29) is 27.6 Å². The van der Waals surface area contributed by atoms with Gasteiger partial charge in [-0.3, -0.25) is 24.7 Å². The van der Waals surface area contributed by atoms with Crippen LogP contribution in [0.15, 0.2) is 70.2 Å². The summed E-state index contributed by atoms with van der Waals surface area (Å²) in [7, 11) is -4.68. The van der Waals surface area contributed by atoms with Crippen molar-refractivity contribution in [3.05, 3.63) is 92.9 Å². The first-order chi connectivity index (χ1) is 16.5. The second-order valence-corrected chi connectivity index (χ2v) is 9.64. The highest BCUT2D eigenvalue weighted by atomic mass is 35.5. The van der Waals surface area contributed by atoms with E-state index >= 15 is 0 Å². The fourth-order valence-electron chi connectivity index (χ4n) is 3.65. The lowest BCUT2D eigenvalue weighted by Crippen LogP contribution is -2.37. The Balaban J connectivity index is 1.98. The zero-order valence-corrected chi connectivity index (χ0v) is 19.8. The Morgan fingerprint density at radius 3 is 2.40 bits per heavy atom. The van der Waals surface area contributed by atoms with Gasteiger partial charge in [0.2, 0.25) is 0 Å². The van der Waals surface area contributed by atoms with Gasteiger partial charge in [0.25, 0.3) is 21.6 Å². The molecule has 0 fully saturated rings. The van der Waals surface area contributed by atoms with Crippen molar-refractivity contribution in [2.45, 2.75) is 18.7 Å². The van der Waals surface area contributed by atoms with Crippen LogP contribution in [0.5, 0.6) is 0 Å². The summed E-state index contributed by atoms with van der Waals surface area (Å²) in [6.07, 6.45) is 2.64. The molecule has 0 bridgehead atoms. The maximum absolute atomic E-state index is 13.7. The number of amides is 1. The number of Topliss-reactive ketones (excluding diaryl/α,β-unsaturated/α-hetero) is 1. The number of nitro benzene ring substituents is 1. The van der Waals surface area contributed by atoms with Gasteiger partial charge >= 0.3 is 0 Å². The standard InChI is InChI=1S/C23H16ClN3O7S/c1-13(28)22-14(2)34-21-6-3-16(11-18(21)22)26(23(29)15-7-9-25-10-8-15)35(32,33)17-4-5-19(24)20(12-17)27(30)31/h3-12H,1-2H3. The van der Waals surface area contributed by atoms with Crippen molar-refractivity contribution < 1.29 is 27.3 Å². The maximum atomic E-state index is 13.7. The summed E-state index contributed by atoms with van der Waals surface area (Å²) in [5, 5.41) is 11.4. The topological polar surface area (TPSA) is 141 Å². The molecular formula is C23H16ClN3O7S. The largest absolute Gasteiger partial charge is 0.461 e. The van der Waals surface area contributed by atoms with Gasteiger partial charge in [-0.05, 0) is 56.3 Å². The van der Waals surface area contributed by atoms with Crippen LogP contribution < -0.4 is 4.31 Å². The minimum Gasteiger partial charge on any atom is -0.461 e. The zero-order chi connectivity index (χ0) is 25.5. The molecule has 0 atom stereocenters. The highest BCUT2D eigenvalue weighted by Crippen LogP contribution is 2.35. The molecule has 1 amide bonds. The Bertz CT molecular complexity index is 1620. The molecule has 0 aliphatic rings. The molecule has 0 unspecified atom stereocenters. The number of fused-ring (bicyclic) bond motifs is 1. The Kier molecular flexibility index (Phi) is 6.14. The Morgan fingerprint density at radius 1 is 1.09 bits per heavy atom. The maximum Gasteiger partial charge on any atom is 0.289 e. The predicted octanol–water partition coefficient (Wildman–Crippen LogP) is 4.94. The highest BCUT2D eigenvalue weighted by molar-refractivity contribution is 7.93. The number of pyridine rings is 1. The van der Waals surface area contributed by atoms with E-state index in [1.54, 1.807) is 6.92 Å². The van der Waals surface area contributed by atoms with E-state index in [9.17, 15) is 28.1 Å². The van der Waals surface area contributed by atoms with Crippen molar-refractivity contribution in [2.75, 3.05) is 4.31 Å². The molecule has 4 rings (SSSR count). The van der Waals surface area contributed by atoms with Crippen LogP contribution in [0.1, 0.15) is 33.4 Å². The molecule has 0 spiro atoms. The molecule has 4 aromatic rings. The fourth-order valence-corrected chi connectivity index (χ4v) is 5.26. The molecule has 0 N–H and O–H groups in total. The second kappa shape index (κ2) is 8.93. The molecule has 178 valence electrons. The number of halogens is 1. The smallest absolute Gasteiger partial charge is 0.289 e. The van der Waals surface area contributed by atoms with E-state index in [1.807, 2.05) is 0 Å². The van der Waals surface area contributed by atoms with Crippen LogP contribution in [0.3, 0.4) is 0 Å². The number of hydrogen-bond acceptors (Lipinski definition) is 8. The minimum absolute atomic E-state index is 0.00213. The first-order valence-electron chi connectivity index (χ1n) is 10.00. The number of aryl methyl sites for hydroxylation is 1. The second-order valence-electron chi connectivity index (χ2n) is 7.45. The number of furan rings is 1. The quantitative estimate of drug-likeness (QED) is 0.200. The van der Waals surface area contributed by atoms with Gasteiger partial charge in [-0.1, -0.05) is 11.6 Å². The van der Waals surface area contributed by atoms with Crippen molar-refractivity contribution in [1.29, 1.82) is 0 Å². The summed E-state index contributed by atoms with van der Waals surface area (Å²) >= 11 is 5.84. The molecule has 0 aliphatic heterocycles. The number of ketones is 1. The van der Waals surface area contributed by atoms with Crippen LogP contribution in [0.25, 0.3) is 11.0 Å². The number of rotatable bonds is 6. The number of nitrogens with zero attached hydrogens (tertiary/aromatic N) is 3. The number of sulfonamides is 1. The van der Waals surface area contributed by atoms with Crippen LogP contribution in [0.4, 0.5) is 11.4 Å². The summed E-state index contributed by atoms with van der Waals surface area (Å²) in [5.41, 5.74) is -0.156. The lowest BCUT2D eigenvalue weighted by Gasteiger charge is -2.23. The Morgan fingerprint density at radius 2 is 1.77 bits per heavy atom. The molecule has 12 heteroatoms. The van der Waals surface area contributed by atoms with Crippen molar-refractivity contribution in [2.24, 2.45) is 0 Å². The van der Waals surface area contributed by atoms with Gasteiger partial charge < -0.3 is 4.42 Å². The molecule has 2 aromatic carbocycles. The number of hydrogen-bond donors (Lipinski definition) is 0. The van der Waals surface area contributed by atoms with Gasteiger partial charge in [-0.25, -0.2) is 8.42 Å². The summed E-state index contributed by atoms with van der Waals surface area (Å²) in [6.45, 7) is 2.94. The van der Waals surface area contributed by atoms with E-state index in [1.165, 1.54) is 49.6 Å². The van der Waals surface area contributed by atoms with Gasteiger partial charge in [-0.15, -0.1) is 0 Å². The van der Waals surface area contributed by atoms with E-state index in [0.29, 0.717) is 21.0 Å². The summed E-state index contributed by atoms with van der Waals surface area (Å²) in [5.74, 6) is -0.900. The number of benzene rings is 2. The van der Waals surface area contributed by atoms with Crippen molar-refractivity contribution >= 4 is 55.7 Å². The Hall–Kier alpha value is -4.09. The molecular weight excluding hydrogens is 498 g/mol. The molecule has 0 saturated carbocycles. The number of carbonyl (C=O) groups is 2. The predicted molar refractivity (Wildman–Crippen MR) is 127 cm³/mol. The Labute approximate surface area is 204 Å². The van der Waals surface area contributed by atoms with Crippen LogP contribution in [0, 0.1) is 17.0 Å². The third-order valence-electron chi connectivity index (χ3n) is 5.20. The van der Waals surface area contributed by atoms with E-state index < -0.39 is 31.4 Å². The van der Waals surface area contributed by atoms with Crippen LogP contribution in [-0.4, -0.2) is 30.0 Å². The summed E-state index contributed by atoms with van der Waals surface area (Å²) in [6, 6.07) is 9.72. The van der Waals surface area contributed by atoms with E-state index in [0.717, 1.165) is 18.2 Å². The molecule has 0 radical (unpaired) electrons. The van der Waals surface area contributed by atoms with Gasteiger partial charge in [-0.2, -0.15) is 4.31 Å². The number of nitro groups is 1. The van der Waals surface area contributed by atoms with Crippen molar-refractivity contribution in [3.8, 4) is 0 Å². The SMILES string of the molecule is CC(=O)c1c(C)oc2ccc(N(C(=O)c3ccncc3)S(=O)(=O)c3ccc(Cl)c([N+](=O)[O-])c3)cc12. The van der Waals surface area contributed by atoms with Crippen LogP contribution >= 0.6 is 11.6 Å². The highest BCUT2D eigenvalue weighted by Gasteiger charge is 2.34. The minimum atomic E-state index is -4.68. The summed E-state index contributed by atoms with van der Waals surface area (Å²) < 4.78 is 33.6. The third kappa shape index (κ3) is 4.27.